The van der Waals surface area contributed by atoms with Gasteiger partial charge in [0.1, 0.15) is 5.75 Å². The Balaban J connectivity index is 2.28. The highest BCUT2D eigenvalue weighted by atomic mass is 16.7. The molecule has 0 aliphatic heterocycles. The van der Waals surface area contributed by atoms with Crippen molar-refractivity contribution in [2.75, 3.05) is 27.0 Å². The fourth-order valence-corrected chi connectivity index (χ4v) is 1.60. The first-order valence-corrected chi connectivity index (χ1v) is 7.04. The van der Waals surface area contributed by atoms with Crippen molar-refractivity contribution in [2.45, 2.75) is 13.3 Å². The highest BCUT2D eigenvalue weighted by Crippen LogP contribution is 2.13. The van der Waals surface area contributed by atoms with E-state index in [1.807, 2.05) is 24.3 Å². The lowest BCUT2D eigenvalue weighted by Gasteiger charge is -2.04. The molecule has 2 amide bonds. The Labute approximate surface area is 130 Å². The SMILES string of the molecule is COCOc1ccc(/C=C/C(=O)NCCCNC(C)=O)cc1. The molecule has 0 aromatic heterocycles. The van der Waals surface area contributed by atoms with E-state index >= 15 is 0 Å². The molecular formula is C16H22N2O4. The van der Waals surface area contributed by atoms with Crippen molar-refractivity contribution in [3.63, 3.8) is 0 Å². The molecule has 0 fully saturated rings. The quantitative estimate of drug-likeness (QED) is 0.410. The molecule has 0 saturated carbocycles. The molecule has 0 unspecified atom stereocenters. The zero-order valence-corrected chi connectivity index (χ0v) is 12.9. The third-order valence-electron chi connectivity index (χ3n) is 2.68. The fraction of sp³-hybridized carbons (Fsp3) is 0.375. The average molecular weight is 306 g/mol. The van der Waals surface area contributed by atoms with Crippen LogP contribution in [0.5, 0.6) is 5.75 Å². The van der Waals surface area contributed by atoms with Gasteiger partial charge in [0.2, 0.25) is 11.8 Å². The van der Waals surface area contributed by atoms with E-state index in [1.54, 1.807) is 13.2 Å². The summed E-state index contributed by atoms with van der Waals surface area (Å²) in [7, 11) is 1.56. The number of benzene rings is 1. The van der Waals surface area contributed by atoms with Crippen LogP contribution in [0, 0.1) is 0 Å². The Hall–Kier alpha value is -2.34. The Kier molecular flexibility index (Phi) is 8.37. The number of rotatable bonds is 9. The predicted molar refractivity (Wildman–Crippen MR) is 84.3 cm³/mol. The van der Waals surface area contributed by atoms with Crippen LogP contribution in [0.15, 0.2) is 30.3 Å². The molecule has 1 aromatic carbocycles. The van der Waals surface area contributed by atoms with Gasteiger partial charge in [0.15, 0.2) is 6.79 Å². The number of hydrogen-bond donors (Lipinski definition) is 2. The second-order valence-corrected chi connectivity index (χ2v) is 4.58. The predicted octanol–water partition coefficient (Wildman–Crippen LogP) is 1.32. The summed E-state index contributed by atoms with van der Waals surface area (Å²) < 4.78 is 10.1. The highest BCUT2D eigenvalue weighted by Gasteiger charge is 1.97. The molecule has 0 aliphatic rings. The lowest BCUT2D eigenvalue weighted by atomic mass is 10.2. The highest BCUT2D eigenvalue weighted by molar-refractivity contribution is 5.91. The Morgan fingerprint density at radius 3 is 2.45 bits per heavy atom. The summed E-state index contributed by atoms with van der Waals surface area (Å²) in [5, 5.41) is 5.42. The second kappa shape index (κ2) is 10.4. The Bertz CT molecular complexity index is 497. The average Bonchev–Trinajstić information content (AvgIpc) is 2.51. The first-order chi connectivity index (χ1) is 10.6. The summed E-state index contributed by atoms with van der Waals surface area (Å²) in [6.45, 7) is 2.75. The molecule has 0 aliphatic carbocycles. The molecule has 1 aromatic rings. The van der Waals surface area contributed by atoms with Crippen molar-refractivity contribution >= 4 is 17.9 Å². The number of hydrogen-bond acceptors (Lipinski definition) is 4. The van der Waals surface area contributed by atoms with Crippen LogP contribution in [0.3, 0.4) is 0 Å². The summed E-state index contributed by atoms with van der Waals surface area (Å²) >= 11 is 0. The largest absolute Gasteiger partial charge is 0.468 e. The van der Waals surface area contributed by atoms with E-state index in [4.69, 9.17) is 9.47 Å². The molecule has 6 nitrogen and oxygen atoms in total. The maximum Gasteiger partial charge on any atom is 0.244 e. The van der Waals surface area contributed by atoms with Gasteiger partial charge in [-0.25, -0.2) is 0 Å². The van der Waals surface area contributed by atoms with Gasteiger partial charge in [-0.2, -0.15) is 0 Å². The molecule has 2 N–H and O–H groups in total. The molecule has 0 heterocycles. The van der Waals surface area contributed by atoms with Crippen LogP contribution < -0.4 is 15.4 Å². The van der Waals surface area contributed by atoms with Crippen molar-refractivity contribution in [3.8, 4) is 5.75 Å². The molecule has 120 valence electrons. The van der Waals surface area contributed by atoms with Gasteiger partial charge in [-0.15, -0.1) is 0 Å². The first-order valence-electron chi connectivity index (χ1n) is 7.04. The topological polar surface area (TPSA) is 76.7 Å². The van der Waals surface area contributed by atoms with Gasteiger partial charge >= 0.3 is 0 Å². The molecule has 6 heteroatoms. The van der Waals surface area contributed by atoms with E-state index in [2.05, 4.69) is 10.6 Å². The third-order valence-corrected chi connectivity index (χ3v) is 2.68. The zero-order chi connectivity index (χ0) is 16.2. The van der Waals surface area contributed by atoms with Crippen LogP contribution in [0.25, 0.3) is 6.08 Å². The van der Waals surface area contributed by atoms with Crippen LogP contribution in [-0.4, -0.2) is 38.8 Å². The summed E-state index contributed by atoms with van der Waals surface area (Å²) in [4.78, 5) is 22.3. The summed E-state index contributed by atoms with van der Waals surface area (Å²) in [6, 6.07) is 7.32. The molecule has 1 rings (SSSR count). The van der Waals surface area contributed by atoms with Crippen LogP contribution >= 0.6 is 0 Å². The summed E-state index contributed by atoms with van der Waals surface area (Å²) in [5.74, 6) is 0.480. The smallest absolute Gasteiger partial charge is 0.244 e. The van der Waals surface area contributed by atoms with Gasteiger partial charge in [0.05, 0.1) is 0 Å². The number of nitrogens with one attached hydrogen (secondary N) is 2. The molecule has 0 atom stereocenters. The van der Waals surface area contributed by atoms with E-state index in [0.29, 0.717) is 25.3 Å². The standard InChI is InChI=1S/C16H22N2O4/c1-13(19)17-10-3-11-18-16(20)9-6-14-4-7-15(8-5-14)22-12-21-2/h4-9H,3,10-12H2,1-2H3,(H,17,19)(H,18,20)/b9-6+. The zero-order valence-electron chi connectivity index (χ0n) is 12.9. The lowest BCUT2D eigenvalue weighted by molar-refractivity contribution is -0.119. The molecule has 0 bridgehead atoms. The molecular weight excluding hydrogens is 284 g/mol. The Morgan fingerprint density at radius 2 is 1.82 bits per heavy atom. The lowest BCUT2D eigenvalue weighted by Crippen LogP contribution is -2.27. The van der Waals surface area contributed by atoms with Gasteiger partial charge in [-0.05, 0) is 30.2 Å². The van der Waals surface area contributed by atoms with Crippen molar-refractivity contribution < 1.29 is 19.1 Å². The van der Waals surface area contributed by atoms with E-state index in [-0.39, 0.29) is 18.6 Å². The second-order valence-electron chi connectivity index (χ2n) is 4.58. The maximum absolute atomic E-state index is 11.6. The van der Waals surface area contributed by atoms with Crippen molar-refractivity contribution in [2.24, 2.45) is 0 Å². The van der Waals surface area contributed by atoms with Crippen molar-refractivity contribution in [1.29, 1.82) is 0 Å². The monoisotopic (exact) mass is 306 g/mol. The molecule has 0 radical (unpaired) electrons. The number of amides is 2. The van der Waals surface area contributed by atoms with Gasteiger partial charge in [0, 0.05) is 33.2 Å². The van der Waals surface area contributed by atoms with Crippen molar-refractivity contribution in [1.82, 2.24) is 10.6 Å². The summed E-state index contributed by atoms with van der Waals surface area (Å²) in [5.41, 5.74) is 0.901. The van der Waals surface area contributed by atoms with Gasteiger partial charge in [-0.1, -0.05) is 12.1 Å². The summed E-state index contributed by atoms with van der Waals surface area (Å²) in [6.07, 6.45) is 3.90. The van der Waals surface area contributed by atoms with Crippen LogP contribution in [0.1, 0.15) is 18.9 Å². The number of methoxy groups -OCH3 is 1. The molecule has 0 spiro atoms. The number of carbonyl (C=O) groups is 2. The minimum Gasteiger partial charge on any atom is -0.468 e. The normalized spacial score (nSPS) is 10.5. The fourth-order valence-electron chi connectivity index (χ4n) is 1.60. The van der Waals surface area contributed by atoms with E-state index in [0.717, 1.165) is 5.56 Å². The number of carbonyl (C=O) groups excluding carboxylic acids is 2. The number of ether oxygens (including phenoxy) is 2. The van der Waals surface area contributed by atoms with Gasteiger partial charge < -0.3 is 20.1 Å². The first kappa shape index (κ1) is 17.7. The Morgan fingerprint density at radius 1 is 1.14 bits per heavy atom. The van der Waals surface area contributed by atoms with Crippen molar-refractivity contribution in [3.05, 3.63) is 35.9 Å². The molecule has 0 saturated heterocycles. The maximum atomic E-state index is 11.6. The van der Waals surface area contributed by atoms with Gasteiger partial charge in [-0.3, -0.25) is 9.59 Å². The van der Waals surface area contributed by atoms with Gasteiger partial charge in [0.25, 0.3) is 0 Å². The van der Waals surface area contributed by atoms with E-state index < -0.39 is 0 Å². The third kappa shape index (κ3) is 8.06. The van der Waals surface area contributed by atoms with Crippen LogP contribution in [0.4, 0.5) is 0 Å². The minimum absolute atomic E-state index is 0.0656. The van der Waals surface area contributed by atoms with E-state index in [1.165, 1.54) is 13.0 Å². The van der Waals surface area contributed by atoms with Crippen LogP contribution in [-0.2, 0) is 14.3 Å². The van der Waals surface area contributed by atoms with E-state index in [9.17, 15) is 9.59 Å². The minimum atomic E-state index is -0.164. The van der Waals surface area contributed by atoms with Crippen LogP contribution in [0.2, 0.25) is 0 Å². The molecule has 22 heavy (non-hydrogen) atoms.